The normalized spacial score (nSPS) is 20.8. The fraction of sp³-hybridized carbons (Fsp3) is 0.500. The third-order valence-electron chi connectivity index (χ3n) is 4.87. The Morgan fingerprint density at radius 3 is 2.76 bits per heavy atom. The lowest BCUT2D eigenvalue weighted by Crippen LogP contribution is -2.48. The highest BCUT2D eigenvalue weighted by atomic mass is 16.2. The molecule has 134 valence electrons. The van der Waals surface area contributed by atoms with Crippen LogP contribution in [0.1, 0.15) is 37.2 Å². The molecule has 0 radical (unpaired) electrons. The average Bonchev–Trinajstić information content (AvgIpc) is 3.20. The highest BCUT2D eigenvalue weighted by Crippen LogP contribution is 2.35. The molecule has 1 aliphatic rings. The van der Waals surface area contributed by atoms with Crippen LogP contribution in [0.25, 0.3) is 0 Å². The predicted molar refractivity (Wildman–Crippen MR) is 93.3 cm³/mol. The number of hydrogen-bond acceptors (Lipinski definition) is 3. The molecule has 3 heterocycles. The van der Waals surface area contributed by atoms with E-state index in [0.29, 0.717) is 25.9 Å². The summed E-state index contributed by atoms with van der Waals surface area (Å²) in [5.41, 5.74) is 1.06. The van der Waals surface area contributed by atoms with Crippen molar-refractivity contribution in [1.29, 1.82) is 0 Å². The molecule has 2 atom stereocenters. The largest absolute Gasteiger partial charge is 0.357 e. The predicted octanol–water partition coefficient (Wildman–Crippen LogP) is 1.37. The molecule has 1 fully saturated rings. The number of likely N-dealkylation sites (tertiary alicyclic amines) is 1. The summed E-state index contributed by atoms with van der Waals surface area (Å²) >= 11 is 0. The van der Waals surface area contributed by atoms with E-state index in [0.717, 1.165) is 11.4 Å². The van der Waals surface area contributed by atoms with Crippen molar-refractivity contribution >= 4 is 11.8 Å². The van der Waals surface area contributed by atoms with Crippen LogP contribution in [0, 0.1) is 5.92 Å². The molecular weight excluding hydrogens is 318 g/mol. The van der Waals surface area contributed by atoms with Gasteiger partial charge in [-0.25, -0.2) is 4.98 Å². The molecule has 2 amide bonds. The van der Waals surface area contributed by atoms with E-state index in [1.807, 2.05) is 54.8 Å². The Bertz CT molecular complexity index is 763. The molecule has 0 unspecified atom stereocenters. The van der Waals surface area contributed by atoms with E-state index in [2.05, 4.69) is 10.3 Å². The lowest BCUT2D eigenvalue weighted by atomic mass is 9.87. The highest BCUT2D eigenvalue weighted by Gasteiger charge is 2.41. The van der Waals surface area contributed by atoms with Gasteiger partial charge in [0.15, 0.2) is 0 Å². The molecule has 2 aromatic rings. The summed E-state index contributed by atoms with van der Waals surface area (Å²) < 4.78 is 3.85. The molecular formula is C18H25N5O2. The molecule has 0 saturated carbocycles. The second-order valence-corrected chi connectivity index (χ2v) is 6.57. The monoisotopic (exact) mass is 343 g/mol. The Hall–Kier alpha value is -2.57. The Balaban J connectivity index is 1.80. The van der Waals surface area contributed by atoms with Gasteiger partial charge in [0, 0.05) is 58.4 Å². The van der Waals surface area contributed by atoms with E-state index in [-0.39, 0.29) is 23.8 Å². The number of hydrogen-bond donors (Lipinski definition) is 1. The molecule has 0 aromatic carbocycles. The summed E-state index contributed by atoms with van der Waals surface area (Å²) in [6.45, 7) is 3.00. The van der Waals surface area contributed by atoms with Gasteiger partial charge in [-0.05, 0) is 25.0 Å². The van der Waals surface area contributed by atoms with E-state index < -0.39 is 0 Å². The quantitative estimate of drug-likeness (QED) is 0.891. The lowest BCUT2D eigenvalue weighted by molar-refractivity contribution is -0.143. The Morgan fingerprint density at radius 2 is 2.16 bits per heavy atom. The third kappa shape index (κ3) is 3.45. The zero-order chi connectivity index (χ0) is 18.0. The number of nitrogens with zero attached hydrogens (tertiary/aromatic N) is 4. The molecule has 0 aliphatic carbocycles. The summed E-state index contributed by atoms with van der Waals surface area (Å²) in [7, 11) is 3.85. The standard InChI is InChI=1S/C18H25N5O2/c1-4-23-15(24)6-5-14(16(23)17-19-8-10-22(17)3)18(25)20-11-13-7-9-21(2)12-13/h7-10,12,14,16H,4-6,11H2,1-3H3,(H,20,25)/t14-,16-/m0/s1. The first-order chi connectivity index (χ1) is 12.0. The Morgan fingerprint density at radius 1 is 1.36 bits per heavy atom. The van der Waals surface area contributed by atoms with Crippen LogP contribution in [-0.2, 0) is 30.2 Å². The van der Waals surface area contributed by atoms with Crippen molar-refractivity contribution in [3.05, 3.63) is 42.2 Å². The summed E-state index contributed by atoms with van der Waals surface area (Å²) in [6.07, 6.45) is 8.45. The van der Waals surface area contributed by atoms with Crippen molar-refractivity contribution < 1.29 is 9.59 Å². The first-order valence-electron chi connectivity index (χ1n) is 8.66. The summed E-state index contributed by atoms with van der Waals surface area (Å²) in [5, 5.41) is 3.03. The van der Waals surface area contributed by atoms with Crippen molar-refractivity contribution in [2.24, 2.45) is 20.0 Å². The lowest BCUT2D eigenvalue weighted by Gasteiger charge is -2.39. The topological polar surface area (TPSA) is 72.2 Å². The number of nitrogens with one attached hydrogen (secondary N) is 1. The van der Waals surface area contributed by atoms with Crippen LogP contribution in [0.2, 0.25) is 0 Å². The van der Waals surface area contributed by atoms with Crippen LogP contribution >= 0.6 is 0 Å². The van der Waals surface area contributed by atoms with Gasteiger partial charge in [-0.15, -0.1) is 0 Å². The van der Waals surface area contributed by atoms with E-state index in [4.69, 9.17) is 0 Å². The molecule has 0 spiro atoms. The summed E-state index contributed by atoms with van der Waals surface area (Å²) in [4.78, 5) is 31.4. The molecule has 0 bridgehead atoms. The van der Waals surface area contributed by atoms with Crippen LogP contribution in [0.15, 0.2) is 30.9 Å². The first kappa shape index (κ1) is 17.3. The van der Waals surface area contributed by atoms with E-state index >= 15 is 0 Å². The number of carbonyl (C=O) groups excluding carboxylic acids is 2. The van der Waals surface area contributed by atoms with Crippen molar-refractivity contribution in [3.8, 4) is 0 Å². The molecule has 1 aliphatic heterocycles. The van der Waals surface area contributed by atoms with Crippen molar-refractivity contribution in [3.63, 3.8) is 0 Å². The zero-order valence-electron chi connectivity index (χ0n) is 15.0. The maximum absolute atomic E-state index is 12.9. The minimum absolute atomic E-state index is 0.0252. The van der Waals surface area contributed by atoms with Gasteiger partial charge in [-0.2, -0.15) is 0 Å². The number of aryl methyl sites for hydroxylation is 2. The molecule has 25 heavy (non-hydrogen) atoms. The summed E-state index contributed by atoms with van der Waals surface area (Å²) in [5.74, 6) is 0.530. The third-order valence-corrected chi connectivity index (χ3v) is 4.87. The number of imidazole rings is 1. The molecule has 1 saturated heterocycles. The maximum Gasteiger partial charge on any atom is 0.225 e. The molecule has 2 aromatic heterocycles. The van der Waals surface area contributed by atoms with Crippen molar-refractivity contribution in [2.45, 2.75) is 32.4 Å². The van der Waals surface area contributed by atoms with Crippen LogP contribution in [-0.4, -0.2) is 37.4 Å². The van der Waals surface area contributed by atoms with Gasteiger partial charge >= 0.3 is 0 Å². The first-order valence-corrected chi connectivity index (χ1v) is 8.66. The van der Waals surface area contributed by atoms with Crippen LogP contribution < -0.4 is 5.32 Å². The Kier molecular flexibility index (Phi) is 4.92. The minimum Gasteiger partial charge on any atom is -0.357 e. The number of aromatic nitrogens is 3. The highest BCUT2D eigenvalue weighted by molar-refractivity contribution is 5.84. The van der Waals surface area contributed by atoms with Gasteiger partial charge in [-0.1, -0.05) is 0 Å². The van der Waals surface area contributed by atoms with Crippen molar-refractivity contribution in [2.75, 3.05) is 6.54 Å². The van der Waals surface area contributed by atoms with E-state index in [9.17, 15) is 9.59 Å². The number of rotatable bonds is 5. The van der Waals surface area contributed by atoms with Crippen LogP contribution in [0.4, 0.5) is 0 Å². The molecule has 7 heteroatoms. The average molecular weight is 343 g/mol. The molecule has 1 N–H and O–H groups in total. The number of amides is 2. The Labute approximate surface area is 147 Å². The van der Waals surface area contributed by atoms with E-state index in [1.165, 1.54) is 0 Å². The van der Waals surface area contributed by atoms with Crippen molar-refractivity contribution in [1.82, 2.24) is 24.3 Å². The van der Waals surface area contributed by atoms with Gasteiger partial charge in [0.05, 0.1) is 5.92 Å². The molecule has 7 nitrogen and oxygen atoms in total. The minimum atomic E-state index is -0.318. The van der Waals surface area contributed by atoms with E-state index in [1.54, 1.807) is 11.1 Å². The number of carbonyl (C=O) groups is 2. The fourth-order valence-corrected chi connectivity index (χ4v) is 3.57. The summed E-state index contributed by atoms with van der Waals surface area (Å²) in [6, 6.07) is 1.67. The van der Waals surface area contributed by atoms with Gasteiger partial charge in [-0.3, -0.25) is 9.59 Å². The van der Waals surface area contributed by atoms with Crippen LogP contribution in [0.5, 0.6) is 0 Å². The van der Waals surface area contributed by atoms with Gasteiger partial charge < -0.3 is 19.4 Å². The second kappa shape index (κ2) is 7.13. The van der Waals surface area contributed by atoms with Gasteiger partial charge in [0.1, 0.15) is 11.9 Å². The van der Waals surface area contributed by atoms with Gasteiger partial charge in [0.2, 0.25) is 11.8 Å². The smallest absolute Gasteiger partial charge is 0.225 e. The van der Waals surface area contributed by atoms with Crippen LogP contribution in [0.3, 0.4) is 0 Å². The second-order valence-electron chi connectivity index (χ2n) is 6.57. The maximum atomic E-state index is 12.9. The zero-order valence-corrected chi connectivity index (χ0v) is 15.0. The molecule has 3 rings (SSSR count). The SMILES string of the molecule is CCN1C(=O)CC[C@H](C(=O)NCc2ccn(C)c2)[C@H]1c1nccn1C. The van der Waals surface area contributed by atoms with Gasteiger partial charge in [0.25, 0.3) is 0 Å². The number of piperidine rings is 1. The fourth-order valence-electron chi connectivity index (χ4n) is 3.57.